The van der Waals surface area contributed by atoms with Crippen LogP contribution < -0.4 is 5.32 Å². The third-order valence-electron chi connectivity index (χ3n) is 1.07. The average Bonchev–Trinajstić information content (AvgIpc) is 2.00. The van der Waals surface area contributed by atoms with Crippen LogP contribution in [0.25, 0.3) is 0 Å². The van der Waals surface area contributed by atoms with Crippen LogP contribution in [0, 0.1) is 0 Å². The highest BCUT2D eigenvalue weighted by Crippen LogP contribution is 2.29. The van der Waals surface area contributed by atoms with Gasteiger partial charge in [0, 0.05) is 24.9 Å². The summed E-state index contributed by atoms with van der Waals surface area (Å²) in [6.07, 6.45) is 2.27. The number of hydrogen-bond acceptors (Lipinski definition) is 3. The molecule has 0 bridgehead atoms. The van der Waals surface area contributed by atoms with Gasteiger partial charge in [0.2, 0.25) is 0 Å². The third kappa shape index (κ3) is 11.3. The van der Waals surface area contributed by atoms with E-state index in [9.17, 15) is 18.0 Å². The summed E-state index contributed by atoms with van der Waals surface area (Å²) in [5.41, 5.74) is -4.20. The number of halogens is 3. The molecule has 0 fully saturated rings. The molecule has 0 aromatic heterocycles. The van der Waals surface area contributed by atoms with E-state index in [1.54, 1.807) is 0 Å². The van der Waals surface area contributed by atoms with Crippen molar-refractivity contribution in [2.75, 3.05) is 18.8 Å². The first-order valence-electron chi connectivity index (χ1n) is 3.72. The maximum atomic E-state index is 11.6. The number of carboxylic acid groups (broad SMARTS) is 1. The number of aliphatic carboxylic acids is 1. The zero-order valence-electron chi connectivity index (χ0n) is 7.17. The van der Waals surface area contributed by atoms with Gasteiger partial charge in [0.05, 0.1) is 0 Å². The van der Waals surface area contributed by atoms with E-state index in [1.807, 2.05) is 0 Å². The standard InChI is InChI=1S/C7H10F3NO2S/c8-7(9,10)14-5-4-11-3-1-2-6(12)13/h1-2,11H,3-5H2,(H,12,13)/b2-1+. The van der Waals surface area contributed by atoms with Gasteiger partial charge in [-0.15, -0.1) is 0 Å². The fraction of sp³-hybridized carbons (Fsp3) is 0.571. The van der Waals surface area contributed by atoms with Crippen molar-refractivity contribution in [2.24, 2.45) is 0 Å². The number of alkyl halides is 3. The number of thioether (sulfide) groups is 1. The molecular formula is C7H10F3NO2S. The van der Waals surface area contributed by atoms with E-state index in [2.05, 4.69) is 5.32 Å². The summed E-state index contributed by atoms with van der Waals surface area (Å²) in [4.78, 5) is 9.95. The summed E-state index contributed by atoms with van der Waals surface area (Å²) in [7, 11) is 0. The molecule has 0 rings (SSSR count). The first kappa shape index (κ1) is 13.3. The molecule has 3 nitrogen and oxygen atoms in total. The highest BCUT2D eigenvalue weighted by atomic mass is 32.2. The van der Waals surface area contributed by atoms with Crippen molar-refractivity contribution in [2.45, 2.75) is 5.51 Å². The van der Waals surface area contributed by atoms with E-state index < -0.39 is 11.5 Å². The van der Waals surface area contributed by atoms with Gasteiger partial charge in [-0.25, -0.2) is 4.79 Å². The lowest BCUT2D eigenvalue weighted by molar-refractivity contribution is -0.131. The van der Waals surface area contributed by atoms with E-state index in [0.29, 0.717) is 0 Å². The Morgan fingerprint density at radius 1 is 1.50 bits per heavy atom. The van der Waals surface area contributed by atoms with Crippen molar-refractivity contribution < 1.29 is 23.1 Å². The second kappa shape index (κ2) is 6.72. The van der Waals surface area contributed by atoms with Gasteiger partial charge in [0.15, 0.2) is 0 Å². The predicted octanol–water partition coefficient (Wildman–Crippen LogP) is 1.47. The molecule has 0 aliphatic carbocycles. The van der Waals surface area contributed by atoms with Crippen LogP contribution in [0.5, 0.6) is 0 Å². The summed E-state index contributed by atoms with van der Waals surface area (Å²) >= 11 is -0.105. The first-order valence-corrected chi connectivity index (χ1v) is 4.71. The first-order chi connectivity index (χ1) is 6.42. The molecule has 0 saturated carbocycles. The van der Waals surface area contributed by atoms with Crippen LogP contribution in [0.15, 0.2) is 12.2 Å². The van der Waals surface area contributed by atoms with Crippen molar-refractivity contribution >= 4 is 17.7 Å². The molecule has 0 atom stereocenters. The molecule has 0 saturated heterocycles. The van der Waals surface area contributed by atoms with Crippen LogP contribution in [0.2, 0.25) is 0 Å². The van der Waals surface area contributed by atoms with E-state index in [4.69, 9.17) is 5.11 Å². The minimum Gasteiger partial charge on any atom is -0.478 e. The van der Waals surface area contributed by atoms with Crippen molar-refractivity contribution in [1.29, 1.82) is 0 Å². The number of rotatable bonds is 6. The van der Waals surface area contributed by atoms with E-state index in [1.165, 1.54) is 6.08 Å². The average molecular weight is 229 g/mol. The lowest BCUT2D eigenvalue weighted by Gasteiger charge is -2.04. The zero-order chi connectivity index (χ0) is 11.0. The number of hydrogen-bond donors (Lipinski definition) is 2. The molecule has 0 spiro atoms. The Hall–Kier alpha value is -0.690. The molecule has 2 N–H and O–H groups in total. The summed E-state index contributed by atoms with van der Waals surface area (Å²) in [6.45, 7) is 0.443. The molecule has 0 heterocycles. The van der Waals surface area contributed by atoms with E-state index in [0.717, 1.165) is 6.08 Å². The highest BCUT2D eigenvalue weighted by Gasteiger charge is 2.27. The largest absolute Gasteiger partial charge is 0.478 e. The minimum atomic E-state index is -4.20. The zero-order valence-corrected chi connectivity index (χ0v) is 7.99. The fourth-order valence-corrected chi connectivity index (χ4v) is 1.06. The topological polar surface area (TPSA) is 49.3 Å². The molecule has 0 unspecified atom stereocenters. The quantitative estimate of drug-likeness (QED) is 0.535. The minimum absolute atomic E-state index is 0.0790. The second-order valence-electron chi connectivity index (χ2n) is 2.24. The molecule has 0 radical (unpaired) electrons. The monoisotopic (exact) mass is 229 g/mol. The van der Waals surface area contributed by atoms with Gasteiger partial charge in [0.1, 0.15) is 0 Å². The molecule has 0 aromatic carbocycles. The SMILES string of the molecule is O=C(O)/C=C/CNCCSC(F)(F)F. The molecule has 0 aliphatic heterocycles. The summed E-state index contributed by atoms with van der Waals surface area (Å²) in [6, 6.07) is 0. The number of carboxylic acids is 1. The molecule has 0 aromatic rings. The lowest BCUT2D eigenvalue weighted by Crippen LogP contribution is -2.18. The highest BCUT2D eigenvalue weighted by molar-refractivity contribution is 8.00. The lowest BCUT2D eigenvalue weighted by atomic mass is 10.5. The Balaban J connectivity index is 3.27. The van der Waals surface area contributed by atoms with Crippen molar-refractivity contribution in [3.63, 3.8) is 0 Å². The summed E-state index contributed by atoms with van der Waals surface area (Å²) in [5.74, 6) is -1.15. The molecule has 14 heavy (non-hydrogen) atoms. The van der Waals surface area contributed by atoms with Crippen molar-refractivity contribution in [3.05, 3.63) is 12.2 Å². The van der Waals surface area contributed by atoms with E-state index >= 15 is 0 Å². The normalized spacial score (nSPS) is 12.2. The van der Waals surface area contributed by atoms with Gasteiger partial charge in [-0.2, -0.15) is 13.2 Å². The van der Waals surface area contributed by atoms with Gasteiger partial charge in [-0.3, -0.25) is 0 Å². The molecule has 0 aliphatic rings. The summed E-state index contributed by atoms with van der Waals surface area (Å²) < 4.78 is 34.7. The molecule has 0 amide bonds. The van der Waals surface area contributed by atoms with Crippen LogP contribution in [-0.4, -0.2) is 35.4 Å². The van der Waals surface area contributed by atoms with Crippen molar-refractivity contribution in [1.82, 2.24) is 5.32 Å². The van der Waals surface area contributed by atoms with Gasteiger partial charge in [-0.05, 0) is 11.8 Å². The molecular weight excluding hydrogens is 219 g/mol. The van der Waals surface area contributed by atoms with E-state index in [-0.39, 0.29) is 30.6 Å². The van der Waals surface area contributed by atoms with Crippen molar-refractivity contribution in [3.8, 4) is 0 Å². The Morgan fingerprint density at radius 3 is 2.64 bits per heavy atom. The smallest absolute Gasteiger partial charge is 0.441 e. The number of nitrogens with one attached hydrogen (secondary N) is 1. The van der Waals surface area contributed by atoms with Gasteiger partial charge >= 0.3 is 11.5 Å². The van der Waals surface area contributed by atoms with Crippen LogP contribution >= 0.6 is 11.8 Å². The van der Waals surface area contributed by atoms with Gasteiger partial charge < -0.3 is 10.4 Å². The van der Waals surface area contributed by atoms with Gasteiger partial charge in [0.25, 0.3) is 0 Å². The third-order valence-corrected chi connectivity index (χ3v) is 1.80. The van der Waals surface area contributed by atoms with Crippen LogP contribution in [-0.2, 0) is 4.79 Å². The predicted molar refractivity (Wildman–Crippen MR) is 48.2 cm³/mol. The second-order valence-corrected chi connectivity index (χ2v) is 3.40. The Morgan fingerprint density at radius 2 is 2.14 bits per heavy atom. The van der Waals surface area contributed by atoms with Gasteiger partial charge in [-0.1, -0.05) is 6.08 Å². The van der Waals surface area contributed by atoms with Crippen LogP contribution in [0.4, 0.5) is 13.2 Å². The maximum Gasteiger partial charge on any atom is 0.441 e. The van der Waals surface area contributed by atoms with Crippen LogP contribution in [0.3, 0.4) is 0 Å². The molecule has 82 valence electrons. The Labute approximate surface area is 83.4 Å². The summed E-state index contributed by atoms with van der Waals surface area (Å²) in [5, 5.41) is 10.8. The maximum absolute atomic E-state index is 11.6. The van der Waals surface area contributed by atoms with Crippen LogP contribution in [0.1, 0.15) is 0 Å². The molecule has 7 heteroatoms. The fourth-order valence-electron chi connectivity index (χ4n) is 0.584. The Bertz CT molecular complexity index is 206. The number of carbonyl (C=O) groups is 1. The Kier molecular flexibility index (Phi) is 6.39.